The van der Waals surface area contributed by atoms with Crippen molar-refractivity contribution >= 4 is 11.9 Å². The molecule has 39 heavy (non-hydrogen) atoms. The number of aromatic nitrogens is 3. The summed E-state index contributed by atoms with van der Waals surface area (Å²) in [7, 11) is 0. The average molecular weight is 546 g/mol. The normalized spacial score (nSPS) is 17.3. The molecular weight excluding hydrogens is 526 g/mol. The summed E-state index contributed by atoms with van der Waals surface area (Å²) in [5, 5.41) is 6.50. The van der Waals surface area contributed by atoms with E-state index in [9.17, 15) is 31.1 Å². The Kier molecular flexibility index (Phi) is 6.57. The Bertz CT molecular complexity index is 1540. The Morgan fingerprint density at radius 1 is 1.05 bits per heavy atom. The molecule has 0 radical (unpaired) electrons. The SMILES string of the molecule is CC1(Cc2cc(F)cc(F)c2F)C(=O)N(c2nc[nH]n2)Cc2ccc(-c3cccc(OCC(F)(F)F)c3)cc21. The molecule has 0 fully saturated rings. The third-order valence-corrected chi connectivity index (χ3v) is 6.58. The molecule has 1 amide bonds. The number of nitrogens with zero attached hydrogens (tertiary/aromatic N) is 3. The highest BCUT2D eigenvalue weighted by Gasteiger charge is 2.46. The Balaban J connectivity index is 1.60. The second kappa shape index (κ2) is 9.75. The Morgan fingerprint density at radius 3 is 2.54 bits per heavy atom. The maximum atomic E-state index is 14.7. The average Bonchev–Trinajstić information content (AvgIpc) is 3.42. The number of alkyl halides is 3. The van der Waals surface area contributed by atoms with Crippen LogP contribution in [-0.2, 0) is 23.2 Å². The summed E-state index contributed by atoms with van der Waals surface area (Å²) < 4.78 is 85.5. The highest BCUT2D eigenvalue weighted by atomic mass is 19.4. The smallest absolute Gasteiger partial charge is 0.422 e. The van der Waals surface area contributed by atoms with E-state index in [-0.39, 0.29) is 23.8 Å². The Labute approximate surface area is 218 Å². The fourth-order valence-corrected chi connectivity index (χ4v) is 4.78. The molecule has 1 aliphatic rings. The molecule has 2 heterocycles. The van der Waals surface area contributed by atoms with Crippen LogP contribution in [-0.4, -0.2) is 33.9 Å². The van der Waals surface area contributed by atoms with Gasteiger partial charge in [-0.3, -0.25) is 14.8 Å². The Hall–Kier alpha value is -4.35. The first kappa shape index (κ1) is 26.3. The van der Waals surface area contributed by atoms with E-state index in [1.165, 1.54) is 36.4 Å². The minimum atomic E-state index is -4.51. The number of hydrogen-bond acceptors (Lipinski definition) is 4. The van der Waals surface area contributed by atoms with E-state index in [0.29, 0.717) is 28.3 Å². The van der Waals surface area contributed by atoms with Crippen LogP contribution in [0.5, 0.6) is 5.75 Å². The summed E-state index contributed by atoms with van der Waals surface area (Å²) in [6, 6.07) is 12.4. The van der Waals surface area contributed by atoms with E-state index in [0.717, 1.165) is 6.07 Å². The van der Waals surface area contributed by atoms with Crippen LogP contribution in [0.3, 0.4) is 0 Å². The van der Waals surface area contributed by atoms with Crippen LogP contribution in [0.15, 0.2) is 60.9 Å². The van der Waals surface area contributed by atoms with Gasteiger partial charge in [0.25, 0.3) is 5.95 Å². The zero-order valence-corrected chi connectivity index (χ0v) is 20.3. The summed E-state index contributed by atoms with van der Waals surface area (Å²) in [5.41, 5.74) is 0.304. The number of aromatic amines is 1. The molecule has 0 bridgehead atoms. The van der Waals surface area contributed by atoms with Gasteiger partial charge in [0.1, 0.15) is 17.9 Å². The number of H-pyrrole nitrogens is 1. The van der Waals surface area contributed by atoms with Crippen molar-refractivity contribution in [2.45, 2.75) is 31.5 Å². The van der Waals surface area contributed by atoms with Crippen LogP contribution in [0.1, 0.15) is 23.6 Å². The van der Waals surface area contributed by atoms with E-state index in [2.05, 4.69) is 15.2 Å². The number of fused-ring (bicyclic) bond motifs is 1. The van der Waals surface area contributed by atoms with Gasteiger partial charge in [-0.05, 0) is 65.4 Å². The standard InChI is InChI=1S/C27H20F6N4O2/c1-26(11-18-7-19(28)10-22(29)23(18)30)21-9-16(15-3-2-4-20(8-15)39-13-27(31,32)33)5-6-17(21)12-37(24(26)38)25-34-14-35-36-25/h2-10,14H,11-13H2,1H3,(H,34,35,36). The number of anilines is 1. The molecule has 1 aliphatic heterocycles. The Morgan fingerprint density at radius 2 is 1.82 bits per heavy atom. The summed E-state index contributed by atoms with van der Waals surface area (Å²) in [5.74, 6) is -4.11. The van der Waals surface area contributed by atoms with Crippen LogP contribution in [0.25, 0.3) is 11.1 Å². The van der Waals surface area contributed by atoms with Gasteiger partial charge in [-0.1, -0.05) is 24.3 Å². The van der Waals surface area contributed by atoms with Crippen LogP contribution >= 0.6 is 0 Å². The fourth-order valence-electron chi connectivity index (χ4n) is 4.78. The van der Waals surface area contributed by atoms with Crippen LogP contribution in [0.2, 0.25) is 0 Å². The number of benzene rings is 3. The third-order valence-electron chi connectivity index (χ3n) is 6.58. The maximum Gasteiger partial charge on any atom is 0.422 e. The molecule has 1 aromatic heterocycles. The number of rotatable bonds is 6. The number of hydrogen-bond donors (Lipinski definition) is 1. The minimum Gasteiger partial charge on any atom is -0.484 e. The van der Waals surface area contributed by atoms with E-state index in [4.69, 9.17) is 4.74 Å². The largest absolute Gasteiger partial charge is 0.484 e. The number of amides is 1. The van der Waals surface area contributed by atoms with Gasteiger partial charge in [-0.15, -0.1) is 5.10 Å². The number of carbonyl (C=O) groups is 1. The third kappa shape index (κ3) is 5.18. The lowest BCUT2D eigenvalue weighted by atomic mass is 9.71. The van der Waals surface area contributed by atoms with Crippen molar-refractivity contribution in [3.63, 3.8) is 0 Å². The molecule has 202 valence electrons. The minimum absolute atomic E-state index is 0.00512. The highest BCUT2D eigenvalue weighted by Crippen LogP contribution is 2.41. The molecular formula is C27H20F6N4O2. The van der Waals surface area contributed by atoms with Crippen molar-refractivity contribution in [3.05, 3.63) is 95.1 Å². The molecule has 6 nitrogen and oxygen atoms in total. The number of halogens is 6. The highest BCUT2D eigenvalue weighted by molar-refractivity contribution is 6.02. The molecule has 1 N–H and O–H groups in total. The molecule has 4 aromatic rings. The first-order valence-electron chi connectivity index (χ1n) is 11.7. The quantitative estimate of drug-likeness (QED) is 0.242. The van der Waals surface area contributed by atoms with E-state index >= 15 is 0 Å². The lowest BCUT2D eigenvalue weighted by Gasteiger charge is -2.40. The van der Waals surface area contributed by atoms with Gasteiger partial charge < -0.3 is 4.74 Å². The summed E-state index contributed by atoms with van der Waals surface area (Å²) >= 11 is 0. The van der Waals surface area contributed by atoms with Crippen molar-refractivity contribution in [1.82, 2.24) is 15.2 Å². The van der Waals surface area contributed by atoms with Gasteiger partial charge in [0, 0.05) is 6.07 Å². The zero-order valence-electron chi connectivity index (χ0n) is 20.3. The molecule has 3 aromatic carbocycles. The molecule has 0 saturated heterocycles. The van der Waals surface area contributed by atoms with Crippen LogP contribution in [0.4, 0.5) is 32.3 Å². The molecule has 1 atom stereocenters. The monoisotopic (exact) mass is 546 g/mol. The number of nitrogens with one attached hydrogen (secondary N) is 1. The predicted octanol–water partition coefficient (Wildman–Crippen LogP) is 5.88. The van der Waals surface area contributed by atoms with Crippen LogP contribution < -0.4 is 9.64 Å². The summed E-state index contributed by atoms with van der Waals surface area (Å²) in [6.07, 6.45) is -3.61. The lowest BCUT2D eigenvalue weighted by molar-refractivity contribution is -0.153. The van der Waals surface area contributed by atoms with Gasteiger partial charge in [-0.2, -0.15) is 13.2 Å². The number of carbonyl (C=O) groups excluding carboxylic acids is 1. The molecule has 0 spiro atoms. The second-order valence-corrected chi connectivity index (χ2v) is 9.36. The van der Waals surface area contributed by atoms with Gasteiger partial charge in [-0.25, -0.2) is 18.2 Å². The summed E-state index contributed by atoms with van der Waals surface area (Å²) in [6.45, 7) is 0.137. The van der Waals surface area contributed by atoms with Gasteiger partial charge in [0.15, 0.2) is 18.2 Å². The summed E-state index contributed by atoms with van der Waals surface area (Å²) in [4.78, 5) is 19.2. The first-order valence-corrected chi connectivity index (χ1v) is 11.7. The molecule has 0 saturated carbocycles. The first-order chi connectivity index (χ1) is 18.4. The van der Waals surface area contributed by atoms with E-state index in [1.54, 1.807) is 24.3 Å². The molecule has 1 unspecified atom stereocenters. The van der Waals surface area contributed by atoms with Crippen LogP contribution in [0, 0.1) is 17.5 Å². The number of ether oxygens (including phenoxy) is 1. The fraction of sp³-hybridized carbons (Fsp3) is 0.222. The van der Waals surface area contributed by atoms with Crippen molar-refractivity contribution in [2.24, 2.45) is 0 Å². The molecule has 5 rings (SSSR count). The molecule has 12 heteroatoms. The van der Waals surface area contributed by atoms with Crippen molar-refractivity contribution < 1.29 is 35.9 Å². The van der Waals surface area contributed by atoms with E-state index < -0.39 is 48.0 Å². The van der Waals surface area contributed by atoms with E-state index in [1.807, 2.05) is 0 Å². The van der Waals surface area contributed by atoms with Crippen molar-refractivity contribution in [2.75, 3.05) is 11.5 Å². The topological polar surface area (TPSA) is 71.1 Å². The van der Waals surface area contributed by atoms with Crippen molar-refractivity contribution in [3.8, 4) is 16.9 Å². The van der Waals surface area contributed by atoms with Gasteiger partial charge in [0.2, 0.25) is 5.91 Å². The zero-order chi connectivity index (χ0) is 27.9. The maximum absolute atomic E-state index is 14.7. The molecule has 0 aliphatic carbocycles. The predicted molar refractivity (Wildman–Crippen MR) is 128 cm³/mol. The van der Waals surface area contributed by atoms with Crippen molar-refractivity contribution in [1.29, 1.82) is 0 Å². The second-order valence-electron chi connectivity index (χ2n) is 9.36. The van der Waals surface area contributed by atoms with Gasteiger partial charge >= 0.3 is 6.18 Å². The lowest BCUT2D eigenvalue weighted by Crippen LogP contribution is -2.51. The van der Waals surface area contributed by atoms with Gasteiger partial charge in [0.05, 0.1) is 12.0 Å².